The predicted octanol–water partition coefficient (Wildman–Crippen LogP) is 2.19. The monoisotopic (exact) mass is 267 g/mol. The van der Waals surface area contributed by atoms with Crippen LogP contribution in [0.4, 0.5) is 5.82 Å². The van der Waals surface area contributed by atoms with Crippen LogP contribution in [0.25, 0.3) is 0 Å². The number of thiocarbonyl (C=S) groups is 1. The molecule has 1 aromatic rings. The van der Waals surface area contributed by atoms with Gasteiger partial charge in [0.15, 0.2) is 0 Å². The molecule has 0 unspecified atom stereocenters. The fourth-order valence-electron chi connectivity index (χ4n) is 1.44. The predicted molar refractivity (Wildman–Crippen MR) is 78.9 cm³/mol. The molecule has 1 rings (SSSR count). The van der Waals surface area contributed by atoms with Crippen LogP contribution < -0.4 is 11.1 Å². The minimum Gasteiger partial charge on any atom is -0.389 e. The van der Waals surface area contributed by atoms with Crippen molar-refractivity contribution in [1.82, 2.24) is 4.98 Å². The van der Waals surface area contributed by atoms with Crippen molar-refractivity contribution in [3.63, 3.8) is 0 Å². The summed E-state index contributed by atoms with van der Waals surface area (Å²) in [6.45, 7) is 6.00. The quantitative estimate of drug-likeness (QED) is 0.742. The lowest BCUT2D eigenvalue weighted by Crippen LogP contribution is -2.25. The van der Waals surface area contributed by atoms with Crippen LogP contribution >= 0.6 is 12.2 Å². The molecule has 100 valence electrons. The van der Waals surface area contributed by atoms with E-state index in [1.807, 2.05) is 12.1 Å². The lowest BCUT2D eigenvalue weighted by molar-refractivity contribution is 0.157. The van der Waals surface area contributed by atoms with Crippen LogP contribution in [0, 0.1) is 5.41 Å². The molecule has 0 aliphatic rings. The van der Waals surface area contributed by atoms with Crippen molar-refractivity contribution in [2.24, 2.45) is 11.1 Å². The van der Waals surface area contributed by atoms with Crippen LogP contribution in [-0.4, -0.2) is 30.2 Å². The van der Waals surface area contributed by atoms with Gasteiger partial charge >= 0.3 is 0 Å². The van der Waals surface area contributed by atoms with Gasteiger partial charge in [-0.05, 0) is 24.0 Å². The Morgan fingerprint density at radius 3 is 2.72 bits per heavy atom. The molecule has 0 spiro atoms. The molecule has 3 N–H and O–H groups in total. The highest BCUT2D eigenvalue weighted by Gasteiger charge is 2.17. The Morgan fingerprint density at radius 2 is 2.22 bits per heavy atom. The van der Waals surface area contributed by atoms with Gasteiger partial charge < -0.3 is 15.8 Å². The summed E-state index contributed by atoms with van der Waals surface area (Å²) in [5.74, 6) is 0.834. The smallest absolute Gasteiger partial charge is 0.125 e. The van der Waals surface area contributed by atoms with Gasteiger partial charge in [0.05, 0.1) is 0 Å². The number of anilines is 1. The van der Waals surface area contributed by atoms with Gasteiger partial charge in [-0.25, -0.2) is 4.98 Å². The lowest BCUT2D eigenvalue weighted by atomic mass is 9.90. The standard InChI is InChI=1S/C13H21N3OS/c1-13(2,6-7-17-3)9-16-11-5-4-10(8-15-11)12(14)18/h4-5,8H,6-7,9H2,1-3H3,(H2,14,18)(H,15,16). The number of aromatic nitrogens is 1. The second-order valence-electron chi connectivity index (χ2n) is 5.06. The minimum absolute atomic E-state index is 0.166. The summed E-state index contributed by atoms with van der Waals surface area (Å²) < 4.78 is 5.10. The topological polar surface area (TPSA) is 60.2 Å². The number of nitrogens with one attached hydrogen (secondary N) is 1. The van der Waals surface area contributed by atoms with Crippen molar-refractivity contribution in [3.05, 3.63) is 23.9 Å². The first-order valence-electron chi connectivity index (χ1n) is 5.93. The van der Waals surface area contributed by atoms with Crippen molar-refractivity contribution >= 4 is 23.0 Å². The highest BCUT2D eigenvalue weighted by molar-refractivity contribution is 7.80. The third-order valence-electron chi connectivity index (χ3n) is 2.78. The molecule has 0 fully saturated rings. The maximum Gasteiger partial charge on any atom is 0.125 e. The Hall–Kier alpha value is -1.20. The summed E-state index contributed by atoms with van der Waals surface area (Å²) in [6.07, 6.45) is 2.69. The van der Waals surface area contributed by atoms with E-state index in [0.717, 1.165) is 31.0 Å². The number of hydrogen-bond donors (Lipinski definition) is 2. The van der Waals surface area contributed by atoms with Crippen LogP contribution in [-0.2, 0) is 4.74 Å². The maximum atomic E-state index is 5.52. The van der Waals surface area contributed by atoms with Crippen molar-refractivity contribution in [2.45, 2.75) is 20.3 Å². The number of methoxy groups -OCH3 is 1. The first-order chi connectivity index (χ1) is 8.44. The first kappa shape index (κ1) is 14.9. The van der Waals surface area contributed by atoms with E-state index in [2.05, 4.69) is 24.1 Å². The van der Waals surface area contributed by atoms with Crippen molar-refractivity contribution in [1.29, 1.82) is 0 Å². The number of rotatable bonds is 7. The zero-order valence-electron chi connectivity index (χ0n) is 11.2. The Bertz CT molecular complexity index is 390. The molecule has 0 saturated carbocycles. The summed E-state index contributed by atoms with van der Waals surface area (Å²) in [5.41, 5.74) is 6.47. The summed E-state index contributed by atoms with van der Waals surface area (Å²) in [5, 5.41) is 3.31. The molecule has 4 nitrogen and oxygen atoms in total. The van der Waals surface area contributed by atoms with Gasteiger partial charge in [0.2, 0.25) is 0 Å². The largest absolute Gasteiger partial charge is 0.389 e. The van der Waals surface area contributed by atoms with E-state index in [-0.39, 0.29) is 5.41 Å². The van der Waals surface area contributed by atoms with Crippen LogP contribution in [0.2, 0.25) is 0 Å². The van der Waals surface area contributed by atoms with E-state index >= 15 is 0 Å². The molecule has 0 atom stereocenters. The van der Waals surface area contributed by atoms with E-state index in [1.165, 1.54) is 0 Å². The average molecular weight is 267 g/mol. The molecule has 0 bridgehead atoms. The van der Waals surface area contributed by atoms with Crippen molar-refractivity contribution in [3.8, 4) is 0 Å². The summed E-state index contributed by atoms with van der Waals surface area (Å²) >= 11 is 4.88. The second-order valence-corrected chi connectivity index (χ2v) is 5.50. The third-order valence-corrected chi connectivity index (χ3v) is 3.01. The van der Waals surface area contributed by atoms with Crippen molar-refractivity contribution in [2.75, 3.05) is 25.6 Å². The number of ether oxygens (including phenoxy) is 1. The van der Waals surface area contributed by atoms with Crippen LogP contribution in [0.1, 0.15) is 25.8 Å². The third kappa shape index (κ3) is 4.98. The highest BCUT2D eigenvalue weighted by Crippen LogP contribution is 2.20. The van der Waals surface area contributed by atoms with Gasteiger partial charge in [-0.2, -0.15) is 0 Å². The number of pyridine rings is 1. The molecular weight excluding hydrogens is 246 g/mol. The number of nitrogens with two attached hydrogens (primary N) is 1. The van der Waals surface area contributed by atoms with Gasteiger partial charge in [-0.3, -0.25) is 0 Å². The van der Waals surface area contributed by atoms with E-state index in [9.17, 15) is 0 Å². The zero-order valence-corrected chi connectivity index (χ0v) is 12.0. The van der Waals surface area contributed by atoms with Crippen molar-refractivity contribution < 1.29 is 4.74 Å². The van der Waals surface area contributed by atoms with Crippen LogP contribution in [0.3, 0.4) is 0 Å². The van der Waals surface area contributed by atoms with Gasteiger partial charge in [-0.15, -0.1) is 0 Å². The lowest BCUT2D eigenvalue weighted by Gasteiger charge is -2.24. The molecule has 0 radical (unpaired) electrons. The Labute approximate surface area is 114 Å². The molecule has 0 aliphatic carbocycles. The second kappa shape index (κ2) is 6.66. The van der Waals surface area contributed by atoms with Crippen LogP contribution in [0.15, 0.2) is 18.3 Å². The molecule has 5 heteroatoms. The summed E-state index contributed by atoms with van der Waals surface area (Å²) in [7, 11) is 1.72. The molecule has 1 heterocycles. The fraction of sp³-hybridized carbons (Fsp3) is 0.538. The number of hydrogen-bond acceptors (Lipinski definition) is 4. The molecule has 0 aliphatic heterocycles. The van der Waals surface area contributed by atoms with Gasteiger partial charge in [0.1, 0.15) is 10.8 Å². The zero-order chi connectivity index (χ0) is 13.6. The van der Waals surface area contributed by atoms with Gasteiger partial charge in [0.25, 0.3) is 0 Å². The normalized spacial score (nSPS) is 11.3. The molecule has 18 heavy (non-hydrogen) atoms. The van der Waals surface area contributed by atoms with Gasteiger partial charge in [0, 0.05) is 32.0 Å². The molecule has 0 saturated heterocycles. The summed E-state index contributed by atoms with van der Waals surface area (Å²) in [4.78, 5) is 4.64. The Morgan fingerprint density at radius 1 is 1.50 bits per heavy atom. The number of nitrogens with zero attached hydrogens (tertiary/aromatic N) is 1. The van der Waals surface area contributed by atoms with E-state index < -0.39 is 0 Å². The molecule has 0 aromatic carbocycles. The average Bonchev–Trinajstić information content (AvgIpc) is 2.35. The van der Waals surface area contributed by atoms with E-state index in [0.29, 0.717) is 4.99 Å². The summed E-state index contributed by atoms with van der Waals surface area (Å²) in [6, 6.07) is 3.76. The molecule has 0 amide bonds. The highest BCUT2D eigenvalue weighted by atomic mass is 32.1. The molecule has 1 aromatic heterocycles. The SMILES string of the molecule is COCCC(C)(C)CNc1ccc(C(N)=S)cn1. The maximum absolute atomic E-state index is 5.52. The van der Waals surface area contributed by atoms with E-state index in [1.54, 1.807) is 13.3 Å². The minimum atomic E-state index is 0.166. The first-order valence-corrected chi connectivity index (χ1v) is 6.34. The van der Waals surface area contributed by atoms with Crippen LogP contribution in [0.5, 0.6) is 0 Å². The fourth-order valence-corrected chi connectivity index (χ4v) is 1.56. The van der Waals surface area contributed by atoms with Gasteiger partial charge in [-0.1, -0.05) is 26.1 Å². The van der Waals surface area contributed by atoms with E-state index in [4.69, 9.17) is 22.7 Å². The Kier molecular flexibility index (Phi) is 5.50. The Balaban J connectivity index is 2.50. The molecular formula is C13H21N3OS.